The molecule has 20 heavy (non-hydrogen) atoms. The van der Waals surface area contributed by atoms with Gasteiger partial charge < -0.3 is 19.9 Å². The molecule has 0 radical (unpaired) electrons. The summed E-state index contributed by atoms with van der Waals surface area (Å²) in [6, 6.07) is -0.905. The molecule has 2 N–H and O–H groups in total. The van der Waals surface area contributed by atoms with E-state index in [1.165, 1.54) is 13.3 Å². The Morgan fingerprint density at radius 3 is 2.55 bits per heavy atom. The standard InChI is InChI=1S/C13H22N2O5/c1-13(2)7-19-11(20-8-13)4-5-15-9(6-10(14)16)12(17)18-3/h5,9,11H,4,6-8H2,1-3H3,(H2,14,16)/t9-/m0/s1. The van der Waals surface area contributed by atoms with Gasteiger partial charge in [0.2, 0.25) is 5.91 Å². The minimum absolute atomic E-state index is 0.00810. The normalized spacial score (nSPS) is 20.8. The number of carbonyl (C=O) groups is 2. The predicted molar refractivity (Wildman–Crippen MR) is 72.2 cm³/mol. The van der Waals surface area contributed by atoms with Crippen LogP contribution in [0.5, 0.6) is 0 Å². The van der Waals surface area contributed by atoms with E-state index in [1.54, 1.807) is 0 Å². The quantitative estimate of drug-likeness (QED) is 0.557. The smallest absolute Gasteiger partial charge is 0.331 e. The Hall–Kier alpha value is -1.47. The first-order valence-electron chi connectivity index (χ1n) is 6.45. The molecule has 114 valence electrons. The summed E-state index contributed by atoms with van der Waals surface area (Å²) in [5.41, 5.74) is 5.07. The number of carbonyl (C=O) groups excluding carboxylic acids is 2. The fourth-order valence-corrected chi connectivity index (χ4v) is 1.66. The molecule has 0 unspecified atom stereocenters. The molecule has 0 saturated carbocycles. The van der Waals surface area contributed by atoms with E-state index in [-0.39, 0.29) is 18.1 Å². The number of esters is 1. The third-order valence-corrected chi connectivity index (χ3v) is 2.77. The number of hydrogen-bond acceptors (Lipinski definition) is 6. The average molecular weight is 286 g/mol. The summed E-state index contributed by atoms with van der Waals surface area (Å²) < 4.78 is 15.6. The number of hydrogen-bond donors (Lipinski definition) is 1. The van der Waals surface area contributed by atoms with Crippen LogP contribution in [0, 0.1) is 5.41 Å². The van der Waals surface area contributed by atoms with Crippen LogP contribution in [0.3, 0.4) is 0 Å². The van der Waals surface area contributed by atoms with E-state index in [2.05, 4.69) is 23.6 Å². The van der Waals surface area contributed by atoms with Crippen molar-refractivity contribution in [1.29, 1.82) is 0 Å². The summed E-state index contributed by atoms with van der Waals surface area (Å²) in [4.78, 5) is 26.3. The third kappa shape index (κ3) is 5.66. The molecule has 1 amide bonds. The molecular formula is C13H22N2O5. The summed E-state index contributed by atoms with van der Waals surface area (Å²) >= 11 is 0. The first-order chi connectivity index (χ1) is 9.34. The van der Waals surface area contributed by atoms with E-state index in [9.17, 15) is 9.59 Å². The van der Waals surface area contributed by atoms with Gasteiger partial charge in [-0.1, -0.05) is 13.8 Å². The van der Waals surface area contributed by atoms with Gasteiger partial charge >= 0.3 is 5.97 Å². The van der Waals surface area contributed by atoms with Crippen LogP contribution in [-0.2, 0) is 23.8 Å². The van der Waals surface area contributed by atoms with E-state index >= 15 is 0 Å². The van der Waals surface area contributed by atoms with E-state index in [0.29, 0.717) is 19.6 Å². The van der Waals surface area contributed by atoms with Crippen LogP contribution in [0.2, 0.25) is 0 Å². The lowest BCUT2D eigenvalue weighted by molar-refractivity contribution is -0.217. The van der Waals surface area contributed by atoms with Crippen LogP contribution >= 0.6 is 0 Å². The van der Waals surface area contributed by atoms with E-state index < -0.39 is 17.9 Å². The molecule has 0 spiro atoms. The van der Waals surface area contributed by atoms with Gasteiger partial charge in [-0.3, -0.25) is 9.79 Å². The highest BCUT2D eigenvalue weighted by atomic mass is 16.7. The number of ether oxygens (including phenoxy) is 3. The Morgan fingerprint density at radius 1 is 1.45 bits per heavy atom. The topological polar surface area (TPSA) is 100 Å². The molecule has 7 nitrogen and oxygen atoms in total. The average Bonchev–Trinajstić information content (AvgIpc) is 2.38. The molecule has 1 aliphatic heterocycles. The first kappa shape index (κ1) is 16.6. The Morgan fingerprint density at radius 2 is 2.05 bits per heavy atom. The van der Waals surface area contributed by atoms with E-state index in [4.69, 9.17) is 15.2 Å². The number of amides is 1. The van der Waals surface area contributed by atoms with Crippen molar-refractivity contribution in [2.45, 2.75) is 39.0 Å². The second-order valence-electron chi connectivity index (χ2n) is 5.49. The van der Waals surface area contributed by atoms with Crippen LogP contribution in [0.1, 0.15) is 26.7 Å². The lowest BCUT2D eigenvalue weighted by Crippen LogP contribution is -2.37. The lowest BCUT2D eigenvalue weighted by Gasteiger charge is -2.34. The highest BCUT2D eigenvalue weighted by molar-refractivity contribution is 5.85. The first-order valence-corrected chi connectivity index (χ1v) is 6.45. The highest BCUT2D eigenvalue weighted by Gasteiger charge is 2.28. The summed E-state index contributed by atoms with van der Waals surface area (Å²) in [6.07, 6.45) is 1.36. The maximum absolute atomic E-state index is 11.4. The Balaban J connectivity index is 2.44. The molecular weight excluding hydrogens is 264 g/mol. The maximum atomic E-state index is 11.4. The zero-order valence-corrected chi connectivity index (χ0v) is 12.1. The zero-order valence-electron chi connectivity index (χ0n) is 12.1. The molecule has 1 aliphatic rings. The zero-order chi connectivity index (χ0) is 15.2. The number of primary amides is 1. The van der Waals surface area contributed by atoms with Crippen LogP contribution < -0.4 is 5.73 Å². The second-order valence-corrected chi connectivity index (χ2v) is 5.49. The molecule has 0 bridgehead atoms. The van der Waals surface area contributed by atoms with E-state index in [0.717, 1.165) is 0 Å². The SMILES string of the molecule is COC(=O)[C@H](CC(N)=O)N=CCC1OCC(C)(C)CO1. The van der Waals surface area contributed by atoms with Gasteiger partial charge in [0.25, 0.3) is 0 Å². The van der Waals surface area contributed by atoms with Crippen molar-refractivity contribution < 1.29 is 23.8 Å². The molecule has 1 saturated heterocycles. The molecule has 0 aromatic carbocycles. The highest BCUT2D eigenvalue weighted by Crippen LogP contribution is 2.23. The molecule has 1 fully saturated rings. The summed E-state index contributed by atoms with van der Waals surface area (Å²) in [6.45, 7) is 5.31. The van der Waals surface area contributed by atoms with E-state index in [1.807, 2.05) is 0 Å². The largest absolute Gasteiger partial charge is 0.467 e. The maximum Gasteiger partial charge on any atom is 0.331 e. The van der Waals surface area contributed by atoms with Gasteiger partial charge in [0.15, 0.2) is 12.3 Å². The van der Waals surface area contributed by atoms with Gasteiger partial charge in [-0.25, -0.2) is 4.79 Å². The van der Waals surface area contributed by atoms with Crippen LogP contribution in [0.15, 0.2) is 4.99 Å². The van der Waals surface area contributed by atoms with Crippen molar-refractivity contribution in [1.82, 2.24) is 0 Å². The molecule has 1 rings (SSSR count). The second kappa shape index (κ2) is 7.35. The Bertz CT molecular complexity index is 371. The monoisotopic (exact) mass is 286 g/mol. The van der Waals surface area contributed by atoms with Crippen molar-refractivity contribution in [2.24, 2.45) is 16.1 Å². The molecule has 0 aliphatic carbocycles. The predicted octanol–water partition coefficient (Wildman–Crippen LogP) is 0.263. The van der Waals surface area contributed by atoms with Crippen molar-refractivity contribution in [3.63, 3.8) is 0 Å². The summed E-state index contributed by atoms with van der Waals surface area (Å²) in [5, 5.41) is 0. The summed E-state index contributed by atoms with van der Waals surface area (Å²) in [7, 11) is 1.24. The van der Waals surface area contributed by atoms with Crippen molar-refractivity contribution >= 4 is 18.1 Å². The van der Waals surface area contributed by atoms with Crippen LogP contribution in [0.4, 0.5) is 0 Å². The van der Waals surface area contributed by atoms with Crippen LogP contribution in [0.25, 0.3) is 0 Å². The number of nitrogens with two attached hydrogens (primary N) is 1. The van der Waals surface area contributed by atoms with Crippen molar-refractivity contribution in [2.75, 3.05) is 20.3 Å². The molecule has 7 heteroatoms. The number of aliphatic imine (C=N–C) groups is 1. The number of methoxy groups -OCH3 is 1. The third-order valence-electron chi connectivity index (χ3n) is 2.77. The van der Waals surface area contributed by atoms with Gasteiger partial charge in [0.1, 0.15) is 0 Å². The molecule has 0 aromatic heterocycles. The van der Waals surface area contributed by atoms with Crippen LogP contribution in [-0.4, -0.2) is 50.7 Å². The van der Waals surface area contributed by atoms with Crippen molar-refractivity contribution in [3.8, 4) is 0 Å². The molecule has 1 atom stereocenters. The van der Waals surface area contributed by atoms with Gasteiger partial charge in [-0.05, 0) is 0 Å². The lowest BCUT2D eigenvalue weighted by atomic mass is 9.95. The number of rotatable bonds is 6. The molecule has 0 aromatic rings. The minimum Gasteiger partial charge on any atom is -0.467 e. The van der Waals surface area contributed by atoms with Gasteiger partial charge in [0.05, 0.1) is 26.7 Å². The Labute approximate surface area is 118 Å². The van der Waals surface area contributed by atoms with Gasteiger partial charge in [0, 0.05) is 18.1 Å². The molecule has 1 heterocycles. The number of nitrogens with zero attached hydrogens (tertiary/aromatic N) is 1. The minimum atomic E-state index is -0.905. The summed E-state index contributed by atoms with van der Waals surface area (Å²) in [5.74, 6) is -1.20. The fourth-order valence-electron chi connectivity index (χ4n) is 1.66. The van der Waals surface area contributed by atoms with Crippen molar-refractivity contribution in [3.05, 3.63) is 0 Å². The van der Waals surface area contributed by atoms with Gasteiger partial charge in [-0.2, -0.15) is 0 Å². The van der Waals surface area contributed by atoms with Gasteiger partial charge in [-0.15, -0.1) is 0 Å². The fraction of sp³-hybridized carbons (Fsp3) is 0.769. The Kier molecular flexibility index (Phi) is 6.09.